The maximum Gasteiger partial charge on any atom is 0.265 e. The number of amides is 1. The van der Waals surface area contributed by atoms with Crippen molar-refractivity contribution >= 4 is 39.1 Å². The van der Waals surface area contributed by atoms with Crippen molar-refractivity contribution in [3.8, 4) is 39.4 Å². The van der Waals surface area contributed by atoms with Crippen molar-refractivity contribution in [3.05, 3.63) is 124 Å². The highest BCUT2D eigenvalue weighted by Gasteiger charge is 2.26. The van der Waals surface area contributed by atoms with E-state index in [-0.39, 0.29) is 12.5 Å². The molecule has 5 aromatic rings. The summed E-state index contributed by atoms with van der Waals surface area (Å²) < 4.78 is 6.78. The maximum atomic E-state index is 12.9. The fraction of sp³-hybridized carbons (Fsp3) is 0.0625. The van der Waals surface area contributed by atoms with Crippen molar-refractivity contribution in [2.75, 3.05) is 11.5 Å². The predicted molar refractivity (Wildman–Crippen MR) is 156 cm³/mol. The van der Waals surface area contributed by atoms with Gasteiger partial charge in [0.2, 0.25) is 0 Å². The van der Waals surface area contributed by atoms with Crippen LogP contribution >= 0.6 is 27.5 Å². The number of benzene rings is 4. The van der Waals surface area contributed by atoms with Crippen LogP contribution in [0.15, 0.2) is 114 Å². The highest BCUT2D eigenvalue weighted by Crippen LogP contribution is 2.38. The lowest BCUT2D eigenvalue weighted by atomic mass is 9.99. The Kier molecular flexibility index (Phi) is 6.71. The zero-order valence-electron chi connectivity index (χ0n) is 20.3. The number of pyridine rings is 1. The van der Waals surface area contributed by atoms with Gasteiger partial charge in [0.25, 0.3) is 5.91 Å². The second kappa shape index (κ2) is 10.4. The highest BCUT2D eigenvalue weighted by atomic mass is 79.9. The number of anilines is 1. The first-order chi connectivity index (χ1) is 18.5. The summed E-state index contributed by atoms with van der Waals surface area (Å²) in [5.74, 6) is 0.614. The van der Waals surface area contributed by atoms with Crippen molar-refractivity contribution in [2.24, 2.45) is 0 Å². The average Bonchev–Trinajstić information content (AvgIpc) is 2.95. The Hall–Kier alpha value is -3.93. The number of carbonyl (C=O) groups excluding carboxylic acids is 1. The Morgan fingerprint density at radius 1 is 0.763 bits per heavy atom. The van der Waals surface area contributed by atoms with Gasteiger partial charge in [-0.15, -0.1) is 0 Å². The molecule has 6 heteroatoms. The van der Waals surface area contributed by atoms with Gasteiger partial charge in [-0.3, -0.25) is 4.79 Å². The number of ether oxygens (including phenoxy) is 1. The van der Waals surface area contributed by atoms with Gasteiger partial charge in [-0.2, -0.15) is 0 Å². The van der Waals surface area contributed by atoms with Gasteiger partial charge in [-0.1, -0.05) is 82.1 Å². The van der Waals surface area contributed by atoms with Gasteiger partial charge in [0.15, 0.2) is 6.61 Å². The lowest BCUT2D eigenvalue weighted by Gasteiger charge is -2.30. The number of fused-ring (bicyclic) bond motifs is 1. The van der Waals surface area contributed by atoms with E-state index in [0.717, 1.165) is 49.4 Å². The third-order valence-corrected chi connectivity index (χ3v) is 7.30. The molecule has 4 nitrogen and oxygen atoms in total. The van der Waals surface area contributed by atoms with Gasteiger partial charge in [0, 0.05) is 20.6 Å². The van der Waals surface area contributed by atoms with Crippen LogP contribution in [0.1, 0.15) is 5.56 Å². The van der Waals surface area contributed by atoms with Crippen molar-refractivity contribution in [2.45, 2.75) is 6.54 Å². The lowest BCUT2D eigenvalue weighted by molar-refractivity contribution is -0.121. The molecule has 0 N–H and O–H groups in total. The van der Waals surface area contributed by atoms with Gasteiger partial charge in [0.05, 0.1) is 23.6 Å². The summed E-state index contributed by atoms with van der Waals surface area (Å²) in [6, 6.07) is 35.9. The number of halogens is 2. The quantitative estimate of drug-likeness (QED) is 0.209. The van der Waals surface area contributed by atoms with Gasteiger partial charge in [0.1, 0.15) is 5.75 Å². The second-order valence-corrected chi connectivity index (χ2v) is 10.4. The van der Waals surface area contributed by atoms with Crippen LogP contribution in [0.5, 0.6) is 5.75 Å². The average molecular weight is 582 g/mol. The number of hydrogen-bond donors (Lipinski definition) is 0. The van der Waals surface area contributed by atoms with Gasteiger partial charge >= 0.3 is 0 Å². The van der Waals surface area contributed by atoms with Crippen LogP contribution in [0, 0.1) is 0 Å². The number of aromatic nitrogens is 1. The van der Waals surface area contributed by atoms with E-state index < -0.39 is 0 Å². The fourth-order valence-electron chi connectivity index (χ4n) is 4.56. The van der Waals surface area contributed by atoms with E-state index in [2.05, 4.69) is 28.1 Å². The zero-order chi connectivity index (χ0) is 26.1. The molecule has 0 saturated carbocycles. The van der Waals surface area contributed by atoms with Gasteiger partial charge in [-0.25, -0.2) is 4.98 Å². The van der Waals surface area contributed by atoms with Crippen molar-refractivity contribution in [1.82, 2.24) is 4.98 Å². The van der Waals surface area contributed by atoms with Gasteiger partial charge < -0.3 is 9.64 Å². The van der Waals surface area contributed by atoms with E-state index in [9.17, 15) is 4.79 Å². The summed E-state index contributed by atoms with van der Waals surface area (Å²) in [4.78, 5) is 19.7. The minimum atomic E-state index is -0.0723. The Balaban J connectivity index is 1.46. The summed E-state index contributed by atoms with van der Waals surface area (Å²) in [5, 5.41) is 0.689. The number of rotatable bonds is 5. The van der Waals surface area contributed by atoms with Gasteiger partial charge in [-0.05, 0) is 71.3 Å². The molecule has 1 aromatic heterocycles. The third kappa shape index (κ3) is 5.08. The Morgan fingerprint density at radius 3 is 2.16 bits per heavy atom. The molecule has 2 heterocycles. The summed E-state index contributed by atoms with van der Waals surface area (Å²) in [6.07, 6.45) is 0. The molecule has 38 heavy (non-hydrogen) atoms. The molecule has 6 rings (SSSR count). The Labute approximate surface area is 234 Å². The van der Waals surface area contributed by atoms with Crippen LogP contribution in [0.3, 0.4) is 0 Å². The maximum absolute atomic E-state index is 12.9. The first-order valence-corrected chi connectivity index (χ1v) is 13.4. The molecular weight excluding hydrogens is 560 g/mol. The minimum Gasteiger partial charge on any atom is -0.482 e. The topological polar surface area (TPSA) is 42.4 Å². The first kappa shape index (κ1) is 24.4. The summed E-state index contributed by atoms with van der Waals surface area (Å²) in [5.41, 5.74) is 7.42. The summed E-state index contributed by atoms with van der Waals surface area (Å²) >= 11 is 9.68. The Morgan fingerprint density at radius 2 is 1.42 bits per heavy atom. The molecule has 0 fully saturated rings. The van der Waals surface area contributed by atoms with E-state index in [0.29, 0.717) is 17.3 Å². The van der Waals surface area contributed by atoms with Crippen LogP contribution in [0.25, 0.3) is 33.6 Å². The normalized spacial score (nSPS) is 12.7. The molecule has 4 aromatic carbocycles. The van der Waals surface area contributed by atoms with E-state index in [1.165, 1.54) is 0 Å². The molecule has 0 saturated heterocycles. The van der Waals surface area contributed by atoms with E-state index in [1.807, 2.05) is 97.1 Å². The highest BCUT2D eigenvalue weighted by molar-refractivity contribution is 9.10. The van der Waals surface area contributed by atoms with E-state index >= 15 is 0 Å². The first-order valence-electron chi connectivity index (χ1n) is 12.2. The molecule has 0 spiro atoms. The number of hydrogen-bond acceptors (Lipinski definition) is 3. The van der Waals surface area contributed by atoms with Crippen LogP contribution in [0.2, 0.25) is 5.02 Å². The molecule has 0 aliphatic carbocycles. The molecular formula is C32H22BrClN2O2. The standard InChI is InChI=1S/C32H22BrClN2O2/c33-26-11-6-23(7-12-26)28-16-25(22-8-13-27(34)14-9-22)17-29(35-28)24-10-15-31-30(18-24)36(32(37)20-38-31)19-21-4-2-1-3-5-21/h1-18H,19-20H2. The number of carbonyl (C=O) groups is 1. The van der Waals surface area contributed by atoms with E-state index in [4.69, 9.17) is 21.3 Å². The molecule has 186 valence electrons. The van der Waals surface area contributed by atoms with Crippen LogP contribution in [-0.2, 0) is 11.3 Å². The lowest BCUT2D eigenvalue weighted by Crippen LogP contribution is -2.38. The van der Waals surface area contributed by atoms with Crippen molar-refractivity contribution in [1.29, 1.82) is 0 Å². The fourth-order valence-corrected chi connectivity index (χ4v) is 4.95. The zero-order valence-corrected chi connectivity index (χ0v) is 22.6. The smallest absolute Gasteiger partial charge is 0.265 e. The minimum absolute atomic E-state index is 0.0250. The molecule has 1 amide bonds. The SMILES string of the molecule is O=C1COc2ccc(-c3cc(-c4ccc(Cl)cc4)cc(-c4ccc(Br)cc4)n3)cc2N1Cc1ccccc1. The molecule has 1 aliphatic rings. The second-order valence-electron chi connectivity index (χ2n) is 9.08. The van der Waals surface area contributed by atoms with Crippen LogP contribution < -0.4 is 9.64 Å². The van der Waals surface area contributed by atoms with Crippen molar-refractivity contribution in [3.63, 3.8) is 0 Å². The summed E-state index contributed by atoms with van der Waals surface area (Å²) in [6.45, 7) is 0.499. The van der Waals surface area contributed by atoms with Crippen LogP contribution in [0.4, 0.5) is 5.69 Å². The van der Waals surface area contributed by atoms with E-state index in [1.54, 1.807) is 4.90 Å². The monoisotopic (exact) mass is 580 g/mol. The summed E-state index contributed by atoms with van der Waals surface area (Å²) in [7, 11) is 0. The number of nitrogens with zero attached hydrogens (tertiary/aromatic N) is 2. The Bertz CT molecular complexity index is 1560. The molecule has 0 unspecified atom stereocenters. The largest absolute Gasteiger partial charge is 0.482 e. The van der Waals surface area contributed by atoms with Crippen molar-refractivity contribution < 1.29 is 9.53 Å². The molecule has 0 bridgehead atoms. The predicted octanol–water partition coefficient (Wildman–Crippen LogP) is 8.42. The third-order valence-electron chi connectivity index (χ3n) is 6.52. The molecule has 1 aliphatic heterocycles. The van der Waals surface area contributed by atoms with Crippen LogP contribution in [-0.4, -0.2) is 17.5 Å². The molecule has 0 radical (unpaired) electrons. The molecule has 0 atom stereocenters.